The third kappa shape index (κ3) is 5.98. The van der Waals surface area contributed by atoms with Crippen LogP contribution in [0.4, 0.5) is 42.2 Å². The number of hydrogen-bond acceptors (Lipinski definition) is 7. The summed E-state index contributed by atoms with van der Waals surface area (Å²) in [6.07, 6.45) is -10.2. The third-order valence-corrected chi connectivity index (χ3v) is 8.46. The lowest BCUT2D eigenvalue weighted by Crippen LogP contribution is -2.62. The fourth-order valence-corrected chi connectivity index (χ4v) is 6.25. The number of alkyl halides is 6. The molecule has 2 aliphatic rings. The Morgan fingerprint density at radius 3 is 2.40 bits per heavy atom. The first kappa shape index (κ1) is 30.6. The molecule has 10 nitrogen and oxygen atoms in total. The number of hydrogen-bond donors (Lipinski definition) is 1. The first-order valence-corrected chi connectivity index (χ1v) is 13.8. The molecule has 0 spiro atoms. The van der Waals surface area contributed by atoms with Gasteiger partial charge in [0.15, 0.2) is 5.82 Å². The molecule has 0 radical (unpaired) electrons. The van der Waals surface area contributed by atoms with E-state index in [1.807, 2.05) is 0 Å². The zero-order valence-corrected chi connectivity index (χ0v) is 22.7. The molecule has 1 amide bonds. The lowest BCUT2D eigenvalue weighted by molar-refractivity contribution is -0.140. The maximum atomic E-state index is 14.3. The fourth-order valence-electron chi connectivity index (χ4n) is 5.06. The average Bonchev–Trinajstić information content (AvgIpc) is 3.43. The monoisotopic (exact) mass is 638 g/mol. The van der Waals surface area contributed by atoms with Crippen molar-refractivity contribution in [1.29, 1.82) is 0 Å². The predicted molar refractivity (Wildman–Crippen MR) is 135 cm³/mol. The second-order valence-corrected chi connectivity index (χ2v) is 11.2. The maximum Gasteiger partial charge on any atom is 0.419 e. The molecule has 1 N–H and O–H groups in total. The number of amides is 1. The van der Waals surface area contributed by atoms with Crippen LogP contribution >= 0.6 is 0 Å². The number of benzene rings is 2. The number of carbonyl (C=O) groups is 1. The second-order valence-electron chi connectivity index (χ2n) is 9.58. The summed E-state index contributed by atoms with van der Waals surface area (Å²) in [6, 6.07) is 3.18. The molecular weight excluding hydrogens is 617 g/mol. The lowest BCUT2D eigenvalue weighted by atomic mass is 9.94. The standard InChI is InChI=1S/C25H21F7N4O6S/c1-40-20-9-14(13-2-3-17(26)16(8-13)25(30,31)32)15(24(27,28)29)10-19(20)36-18-4-6-35(11-21(18)41-12-23(36)37)43(38,39)34-22-5-7-42-33-22/h2-3,5,7-10,18,21H,4,6,11-12H2,1H3,(H,33,34)/t18-,21-/m0/s1. The average molecular weight is 639 g/mol. The van der Waals surface area contributed by atoms with Crippen LogP contribution in [0.5, 0.6) is 5.75 Å². The lowest BCUT2D eigenvalue weighted by Gasteiger charge is -2.46. The summed E-state index contributed by atoms with van der Waals surface area (Å²) in [6.45, 7) is -1.04. The molecule has 2 fully saturated rings. The minimum atomic E-state index is -5.18. The molecule has 2 aromatic carbocycles. The molecule has 1 aromatic heterocycles. The Balaban J connectivity index is 1.53. The predicted octanol–water partition coefficient (Wildman–Crippen LogP) is 4.69. The minimum Gasteiger partial charge on any atom is -0.495 e. The van der Waals surface area contributed by atoms with E-state index >= 15 is 0 Å². The molecule has 232 valence electrons. The van der Waals surface area contributed by atoms with Crippen molar-refractivity contribution in [3.8, 4) is 16.9 Å². The highest BCUT2D eigenvalue weighted by molar-refractivity contribution is 7.90. The van der Waals surface area contributed by atoms with E-state index in [1.165, 1.54) is 6.07 Å². The number of nitrogens with one attached hydrogen (secondary N) is 1. The van der Waals surface area contributed by atoms with E-state index in [-0.39, 0.29) is 42.8 Å². The summed E-state index contributed by atoms with van der Waals surface area (Å²) in [4.78, 5) is 14.1. The minimum absolute atomic E-state index is 0.0602. The van der Waals surface area contributed by atoms with Gasteiger partial charge >= 0.3 is 22.6 Å². The van der Waals surface area contributed by atoms with Crippen molar-refractivity contribution < 1.29 is 57.9 Å². The molecule has 18 heteroatoms. The summed E-state index contributed by atoms with van der Waals surface area (Å²) in [5.41, 5.74) is -4.84. The van der Waals surface area contributed by atoms with Gasteiger partial charge in [0.25, 0.3) is 5.91 Å². The van der Waals surface area contributed by atoms with Crippen LogP contribution in [-0.4, -0.2) is 62.7 Å². The van der Waals surface area contributed by atoms with Gasteiger partial charge in [-0.05, 0) is 41.8 Å². The Hall–Kier alpha value is -3.90. The molecule has 5 rings (SSSR count). The summed E-state index contributed by atoms with van der Waals surface area (Å²) >= 11 is 0. The quantitative estimate of drug-likeness (QED) is 0.390. The molecule has 2 saturated heterocycles. The molecule has 0 bridgehead atoms. The van der Waals surface area contributed by atoms with Crippen molar-refractivity contribution in [1.82, 2.24) is 9.46 Å². The number of piperidine rings is 1. The van der Waals surface area contributed by atoms with E-state index in [2.05, 4.69) is 14.4 Å². The first-order chi connectivity index (χ1) is 20.1. The first-order valence-electron chi connectivity index (χ1n) is 12.4. The molecule has 2 aliphatic heterocycles. The topological polar surface area (TPSA) is 114 Å². The van der Waals surface area contributed by atoms with Crippen molar-refractivity contribution in [3.05, 3.63) is 59.6 Å². The normalized spacial score (nSPS) is 20.2. The number of fused-ring (bicyclic) bond motifs is 1. The van der Waals surface area contributed by atoms with Crippen LogP contribution in [0.3, 0.4) is 0 Å². The SMILES string of the molecule is COc1cc(-c2ccc(F)c(C(F)(F)F)c2)c(C(F)(F)F)cc1N1C(=O)CO[C@H]2CN(S(=O)(=O)Nc3ccon3)CC[C@@H]21. The smallest absolute Gasteiger partial charge is 0.419 e. The highest BCUT2D eigenvalue weighted by Crippen LogP contribution is 2.46. The van der Waals surface area contributed by atoms with Gasteiger partial charge in [-0.1, -0.05) is 11.2 Å². The van der Waals surface area contributed by atoms with Crippen LogP contribution in [0.2, 0.25) is 0 Å². The molecule has 3 heterocycles. The Kier molecular flexibility index (Phi) is 7.80. The van der Waals surface area contributed by atoms with Gasteiger partial charge < -0.3 is 18.9 Å². The zero-order chi connectivity index (χ0) is 31.3. The Morgan fingerprint density at radius 1 is 1.05 bits per heavy atom. The number of ether oxygens (including phenoxy) is 2. The summed E-state index contributed by atoms with van der Waals surface area (Å²) in [5.74, 6) is -2.80. The molecule has 0 unspecified atom stereocenters. The van der Waals surface area contributed by atoms with E-state index in [9.17, 15) is 43.9 Å². The van der Waals surface area contributed by atoms with E-state index in [1.54, 1.807) is 0 Å². The number of carbonyl (C=O) groups excluding carboxylic acids is 1. The number of halogens is 7. The van der Waals surface area contributed by atoms with Crippen LogP contribution in [-0.2, 0) is 32.1 Å². The van der Waals surface area contributed by atoms with Gasteiger partial charge in [0.2, 0.25) is 0 Å². The number of methoxy groups -OCH3 is 1. The summed E-state index contributed by atoms with van der Waals surface area (Å²) in [5, 5.41) is 3.48. The number of nitrogens with zero attached hydrogens (tertiary/aromatic N) is 3. The molecule has 43 heavy (non-hydrogen) atoms. The molecule has 0 aliphatic carbocycles. The summed E-state index contributed by atoms with van der Waals surface area (Å²) in [7, 11) is -3.06. The molecule has 2 atom stereocenters. The van der Waals surface area contributed by atoms with Crippen molar-refractivity contribution in [2.75, 3.05) is 36.4 Å². The van der Waals surface area contributed by atoms with Crippen LogP contribution in [0, 0.1) is 5.82 Å². The van der Waals surface area contributed by atoms with E-state index in [0.717, 1.165) is 34.7 Å². The van der Waals surface area contributed by atoms with Gasteiger partial charge in [-0.2, -0.15) is 39.1 Å². The Bertz CT molecular complexity index is 1630. The van der Waals surface area contributed by atoms with Gasteiger partial charge in [-0.3, -0.25) is 9.52 Å². The van der Waals surface area contributed by atoms with Crippen molar-refractivity contribution in [3.63, 3.8) is 0 Å². The van der Waals surface area contributed by atoms with Crippen LogP contribution < -0.4 is 14.4 Å². The largest absolute Gasteiger partial charge is 0.495 e. The maximum absolute atomic E-state index is 14.3. The van der Waals surface area contributed by atoms with Crippen LogP contribution in [0.15, 0.2) is 47.2 Å². The van der Waals surface area contributed by atoms with Crippen molar-refractivity contribution >= 4 is 27.6 Å². The van der Waals surface area contributed by atoms with Gasteiger partial charge in [-0.15, -0.1) is 0 Å². The third-order valence-electron chi connectivity index (χ3n) is 6.99. The second kappa shape index (κ2) is 11.0. The van der Waals surface area contributed by atoms with Gasteiger partial charge in [0, 0.05) is 19.2 Å². The zero-order valence-electron chi connectivity index (χ0n) is 21.9. The summed E-state index contributed by atoms with van der Waals surface area (Å²) < 4.78 is 141. The van der Waals surface area contributed by atoms with Crippen molar-refractivity contribution in [2.45, 2.75) is 30.9 Å². The highest BCUT2D eigenvalue weighted by Gasteiger charge is 2.46. The van der Waals surface area contributed by atoms with Crippen LogP contribution in [0.25, 0.3) is 11.1 Å². The molecule has 0 saturated carbocycles. The van der Waals surface area contributed by atoms with Gasteiger partial charge in [0.1, 0.15) is 24.4 Å². The van der Waals surface area contributed by atoms with Crippen LogP contribution in [0.1, 0.15) is 17.5 Å². The Labute approximate surface area is 239 Å². The number of aromatic nitrogens is 1. The number of rotatable bonds is 6. The number of morpholine rings is 1. The highest BCUT2D eigenvalue weighted by atomic mass is 32.2. The molecular formula is C25H21F7N4O6S. The van der Waals surface area contributed by atoms with E-state index in [0.29, 0.717) is 12.1 Å². The van der Waals surface area contributed by atoms with E-state index < -0.39 is 75.3 Å². The Morgan fingerprint density at radius 2 is 1.77 bits per heavy atom. The molecule has 3 aromatic rings. The van der Waals surface area contributed by atoms with Gasteiger partial charge in [-0.25, -0.2) is 4.39 Å². The number of anilines is 2. The van der Waals surface area contributed by atoms with E-state index in [4.69, 9.17) is 9.47 Å². The van der Waals surface area contributed by atoms with Gasteiger partial charge in [0.05, 0.1) is 36.1 Å². The van der Waals surface area contributed by atoms with Crippen molar-refractivity contribution in [2.24, 2.45) is 0 Å². The fraction of sp³-hybridized carbons (Fsp3) is 0.360.